The molecule has 112 valence electrons. The largest absolute Gasteiger partial charge is 0.272 e. The molecule has 1 aromatic carbocycles. The number of nitrogens with zero attached hydrogens (tertiary/aromatic N) is 1. The van der Waals surface area contributed by atoms with Crippen LogP contribution >= 0.6 is 29.7 Å². The zero-order valence-corrected chi connectivity index (χ0v) is 17.5. The summed E-state index contributed by atoms with van der Waals surface area (Å²) >= 11 is 14.2. The van der Waals surface area contributed by atoms with Crippen molar-refractivity contribution in [2.24, 2.45) is 0 Å². The number of rotatable bonds is 2. The quantitative estimate of drug-likeness (QED) is 0.404. The van der Waals surface area contributed by atoms with Gasteiger partial charge < -0.3 is 0 Å². The van der Waals surface area contributed by atoms with Gasteiger partial charge in [0.2, 0.25) is 0 Å². The Morgan fingerprint density at radius 2 is 1.65 bits per heavy atom. The first-order valence-electron chi connectivity index (χ1n) is 7.00. The monoisotopic (exact) mass is 363 g/mol. The Labute approximate surface area is 136 Å². The zero-order chi connectivity index (χ0) is 15.3. The van der Waals surface area contributed by atoms with Gasteiger partial charge in [0.25, 0.3) is 7.55 Å². The second-order valence-corrected chi connectivity index (χ2v) is 22.0. The average molecular weight is 364 g/mol. The molecule has 1 saturated heterocycles. The predicted molar refractivity (Wildman–Crippen MR) is 99.2 cm³/mol. The van der Waals surface area contributed by atoms with E-state index in [-0.39, 0.29) is 5.54 Å². The molecule has 0 bridgehead atoms. The summed E-state index contributed by atoms with van der Waals surface area (Å²) in [5.41, 5.74) is 0.0351. The molecule has 0 radical (unpaired) electrons. The van der Waals surface area contributed by atoms with Crippen LogP contribution in [0.25, 0.3) is 0 Å². The van der Waals surface area contributed by atoms with E-state index >= 15 is 0 Å². The van der Waals surface area contributed by atoms with Crippen LogP contribution in [0.3, 0.4) is 0 Å². The molecule has 3 atom stereocenters. The number of hydrogen-bond donors (Lipinski definition) is 0. The molecule has 6 heteroatoms. The van der Waals surface area contributed by atoms with Crippen LogP contribution in [0.4, 0.5) is 0 Å². The van der Waals surface area contributed by atoms with Crippen molar-refractivity contribution >= 4 is 50.6 Å². The van der Waals surface area contributed by atoms with Crippen molar-refractivity contribution < 1.29 is 0 Å². The molecule has 2 rings (SSSR count). The Hall–Kier alpha value is 0.624. The third-order valence-corrected chi connectivity index (χ3v) is 25.8. The lowest BCUT2D eigenvalue weighted by Gasteiger charge is -2.64. The van der Waals surface area contributed by atoms with Crippen molar-refractivity contribution in [1.82, 2.24) is 4.34 Å². The van der Waals surface area contributed by atoms with Gasteiger partial charge >= 0.3 is 0 Å². The minimum absolute atomic E-state index is 0.0351. The summed E-state index contributed by atoms with van der Waals surface area (Å²) in [6.45, 7) is 13.9. The molecule has 0 aliphatic carbocycles. The summed E-state index contributed by atoms with van der Waals surface area (Å²) < 4.78 is 2.47. The van der Waals surface area contributed by atoms with Crippen LogP contribution < -0.4 is 5.19 Å². The van der Waals surface area contributed by atoms with Crippen molar-refractivity contribution in [2.75, 3.05) is 0 Å². The Morgan fingerprint density at radius 1 is 1.15 bits per heavy atom. The second kappa shape index (κ2) is 5.36. The SMILES string of the molecule is CC(C)(C)N1P(Cl)C([Si](C)(C)C)[Si]1(Cl)c1ccccc1. The summed E-state index contributed by atoms with van der Waals surface area (Å²) in [6, 6.07) is 10.7. The van der Waals surface area contributed by atoms with E-state index in [1.807, 2.05) is 0 Å². The highest BCUT2D eigenvalue weighted by atomic mass is 35.7. The lowest BCUT2D eigenvalue weighted by molar-refractivity contribution is 0.367. The van der Waals surface area contributed by atoms with Gasteiger partial charge in [0, 0.05) is 10.4 Å². The Morgan fingerprint density at radius 3 is 2.05 bits per heavy atom. The topological polar surface area (TPSA) is 3.24 Å². The molecule has 0 amide bonds. The van der Waals surface area contributed by atoms with Crippen molar-refractivity contribution in [1.29, 1.82) is 0 Å². The smallest absolute Gasteiger partial charge is 0.269 e. The molecular weight excluding hydrogens is 340 g/mol. The highest BCUT2D eigenvalue weighted by Crippen LogP contribution is 2.71. The molecule has 1 nitrogen and oxygen atoms in total. The van der Waals surface area contributed by atoms with Crippen LogP contribution in [0.2, 0.25) is 19.6 Å². The van der Waals surface area contributed by atoms with E-state index in [0.29, 0.717) is 4.91 Å². The van der Waals surface area contributed by atoms with Gasteiger partial charge in [0.15, 0.2) is 0 Å². The fourth-order valence-electron chi connectivity index (χ4n) is 3.08. The minimum Gasteiger partial charge on any atom is -0.269 e. The lowest BCUT2D eigenvalue weighted by atomic mass is 10.1. The Kier molecular flexibility index (Phi) is 4.55. The molecule has 3 unspecified atom stereocenters. The van der Waals surface area contributed by atoms with E-state index in [1.54, 1.807) is 0 Å². The Balaban J connectivity index is 2.53. The van der Waals surface area contributed by atoms with Crippen LogP contribution in [0.1, 0.15) is 20.8 Å². The van der Waals surface area contributed by atoms with Gasteiger partial charge in [0.1, 0.15) is 0 Å². The van der Waals surface area contributed by atoms with Crippen molar-refractivity contribution in [3.63, 3.8) is 0 Å². The average Bonchev–Trinajstić information content (AvgIpc) is 2.25. The van der Waals surface area contributed by atoms with E-state index in [1.165, 1.54) is 5.19 Å². The predicted octanol–water partition coefficient (Wildman–Crippen LogP) is 5.02. The van der Waals surface area contributed by atoms with Gasteiger partial charge in [-0.3, -0.25) is 4.34 Å². The van der Waals surface area contributed by atoms with E-state index in [9.17, 15) is 0 Å². The Bertz CT molecular complexity index is 462. The first-order chi connectivity index (χ1) is 9.00. The highest BCUT2D eigenvalue weighted by molar-refractivity contribution is 7.94. The van der Waals surface area contributed by atoms with Crippen LogP contribution in [0, 0.1) is 0 Å². The van der Waals surface area contributed by atoms with Crippen LogP contribution in [-0.2, 0) is 0 Å². The molecule has 1 aliphatic heterocycles. The fourth-order valence-corrected chi connectivity index (χ4v) is 31.1. The van der Waals surface area contributed by atoms with E-state index < -0.39 is 23.0 Å². The molecule has 1 aromatic rings. The molecule has 1 aliphatic rings. The highest BCUT2D eigenvalue weighted by Gasteiger charge is 2.69. The summed E-state index contributed by atoms with van der Waals surface area (Å²) in [7, 11) is -4.23. The number of benzene rings is 1. The standard InChI is InChI=1S/C14H24Cl2NPSi2/c1-14(2,3)17-18(15)13(19(4,5)6)20(17,16)12-10-8-7-9-11-12/h7-11,13H,1-6H3. The van der Waals surface area contributed by atoms with Gasteiger partial charge in [0.05, 0.1) is 15.5 Å². The first-order valence-corrected chi connectivity index (χ1v) is 15.9. The van der Waals surface area contributed by atoms with Crippen molar-refractivity contribution in [3.8, 4) is 0 Å². The summed E-state index contributed by atoms with van der Waals surface area (Å²) in [4.78, 5) is 0.537. The summed E-state index contributed by atoms with van der Waals surface area (Å²) in [6.07, 6.45) is 0. The van der Waals surface area contributed by atoms with Gasteiger partial charge in [-0.05, 0) is 26.0 Å². The molecule has 0 saturated carbocycles. The maximum Gasteiger partial charge on any atom is 0.272 e. The van der Waals surface area contributed by atoms with Gasteiger partial charge in [-0.15, -0.1) is 11.1 Å². The maximum atomic E-state index is 7.36. The van der Waals surface area contributed by atoms with E-state index in [4.69, 9.17) is 22.3 Å². The first kappa shape index (κ1) is 17.0. The molecular formula is C14H24Cl2NPSi2. The van der Waals surface area contributed by atoms with Gasteiger partial charge in [-0.25, -0.2) is 0 Å². The van der Waals surface area contributed by atoms with Crippen molar-refractivity contribution in [3.05, 3.63) is 30.3 Å². The zero-order valence-electron chi connectivity index (χ0n) is 13.1. The number of hydrogen-bond acceptors (Lipinski definition) is 1. The third kappa shape index (κ3) is 2.66. The third-order valence-electron chi connectivity index (χ3n) is 3.71. The normalized spacial score (nSPS) is 32.0. The lowest BCUT2D eigenvalue weighted by Crippen LogP contribution is -2.80. The van der Waals surface area contributed by atoms with E-state index in [0.717, 1.165) is 0 Å². The molecule has 20 heavy (non-hydrogen) atoms. The summed E-state index contributed by atoms with van der Waals surface area (Å²) in [5, 5.41) is 1.32. The maximum absolute atomic E-state index is 7.36. The minimum atomic E-state index is -2.20. The van der Waals surface area contributed by atoms with Crippen LogP contribution in [-0.4, -0.2) is 30.4 Å². The van der Waals surface area contributed by atoms with Gasteiger partial charge in [-0.1, -0.05) is 61.2 Å². The molecule has 1 fully saturated rings. The molecule has 0 N–H and O–H groups in total. The molecule has 1 heterocycles. The van der Waals surface area contributed by atoms with E-state index in [2.05, 4.69) is 75.1 Å². The van der Waals surface area contributed by atoms with Crippen LogP contribution in [0.5, 0.6) is 0 Å². The van der Waals surface area contributed by atoms with Crippen LogP contribution in [0.15, 0.2) is 30.3 Å². The summed E-state index contributed by atoms with van der Waals surface area (Å²) in [5.74, 6) is 0. The second-order valence-electron chi connectivity index (χ2n) is 7.58. The van der Waals surface area contributed by atoms with Gasteiger partial charge in [-0.2, -0.15) is 0 Å². The fraction of sp³-hybridized carbons (Fsp3) is 0.571. The molecule has 0 spiro atoms. The van der Waals surface area contributed by atoms with Crippen molar-refractivity contribution in [2.45, 2.75) is 50.9 Å². The molecule has 0 aromatic heterocycles. The number of halogens is 2.